The highest BCUT2D eigenvalue weighted by molar-refractivity contribution is 6.90. The predicted octanol–water partition coefficient (Wildman–Crippen LogP) is 11.9. The van der Waals surface area contributed by atoms with Crippen molar-refractivity contribution in [1.29, 1.82) is 0 Å². The molecule has 1 saturated carbocycles. The number of likely N-dealkylation sites (tertiary alicyclic amines) is 1. The molecule has 22 heteroatoms. The molecule has 1 aliphatic carbocycles. The molecule has 7 heterocycles. The Morgan fingerprint density at radius 3 is 2.20 bits per heavy atom. The average Bonchev–Trinajstić information content (AvgIpc) is 0.953. The number of nitrogens with zero attached hydrogens (tertiary/aromatic N) is 8. The second-order valence-electron chi connectivity index (χ2n) is 29.3. The third kappa shape index (κ3) is 14.5. The fourth-order valence-electron chi connectivity index (χ4n) is 16.2. The zero-order valence-corrected chi connectivity index (χ0v) is 58.1. The Bertz CT molecular complexity index is 3660. The Hall–Kier alpha value is -6.87. The van der Waals surface area contributed by atoms with Gasteiger partial charge in [0.2, 0.25) is 5.91 Å². The van der Waals surface area contributed by atoms with E-state index in [1.807, 2.05) is 30.7 Å². The number of hydrogen-bond acceptors (Lipinski definition) is 16. The summed E-state index contributed by atoms with van der Waals surface area (Å²) in [6.07, 6.45) is 9.66. The Morgan fingerprint density at radius 1 is 0.830 bits per heavy atom. The first-order valence-corrected chi connectivity index (χ1v) is 36.3. The van der Waals surface area contributed by atoms with Crippen LogP contribution in [-0.2, 0) is 19.1 Å². The van der Waals surface area contributed by atoms with E-state index in [9.17, 15) is 19.2 Å². The van der Waals surface area contributed by atoms with Crippen molar-refractivity contribution in [3.63, 3.8) is 0 Å². The van der Waals surface area contributed by atoms with Crippen molar-refractivity contribution in [2.45, 2.75) is 161 Å². The molecule has 6 aliphatic rings. The number of fused-ring (bicyclic) bond motifs is 4. The highest BCUT2D eigenvalue weighted by atomic mass is 28.3. The van der Waals surface area contributed by atoms with Crippen LogP contribution in [0.4, 0.5) is 19.3 Å². The van der Waals surface area contributed by atoms with E-state index in [1.165, 1.54) is 38.0 Å². The van der Waals surface area contributed by atoms with Crippen molar-refractivity contribution in [2.24, 2.45) is 23.2 Å². The topological polar surface area (TPSA) is 193 Å². The quantitative estimate of drug-likeness (QED) is 0.0343. The summed E-state index contributed by atoms with van der Waals surface area (Å²) in [5, 5.41) is 5.69. The van der Waals surface area contributed by atoms with E-state index >= 15 is 8.78 Å². The van der Waals surface area contributed by atoms with Crippen LogP contribution in [0.1, 0.15) is 155 Å². The van der Waals surface area contributed by atoms with Crippen LogP contribution < -0.4 is 29.9 Å². The molecule has 5 aromatic rings. The van der Waals surface area contributed by atoms with Gasteiger partial charge in [-0.2, -0.15) is 9.97 Å². The van der Waals surface area contributed by atoms with Gasteiger partial charge >= 0.3 is 18.0 Å². The Morgan fingerprint density at radius 2 is 1.54 bits per heavy atom. The Labute approximate surface area is 553 Å². The van der Waals surface area contributed by atoms with E-state index in [0.29, 0.717) is 82.1 Å². The first-order valence-electron chi connectivity index (χ1n) is 34.1. The van der Waals surface area contributed by atoms with Gasteiger partial charge in [-0.3, -0.25) is 29.6 Å². The zero-order chi connectivity index (χ0) is 67.0. The van der Waals surface area contributed by atoms with Crippen molar-refractivity contribution in [2.75, 3.05) is 98.0 Å². The molecule has 4 amide bonds. The van der Waals surface area contributed by atoms with Crippen LogP contribution in [-0.4, -0.2) is 171 Å². The lowest BCUT2D eigenvalue weighted by molar-refractivity contribution is -0.165. The summed E-state index contributed by atoms with van der Waals surface area (Å²) in [4.78, 5) is 75.4. The minimum atomic E-state index is -2.36. The number of carbonyl (C=O) groups excluding carboxylic acids is 4. The molecule has 19 nitrogen and oxygen atoms in total. The lowest BCUT2D eigenvalue weighted by Gasteiger charge is -2.47. The van der Waals surface area contributed by atoms with Crippen LogP contribution in [0.5, 0.6) is 17.5 Å². The lowest BCUT2D eigenvalue weighted by Crippen LogP contribution is -2.54. The molecule has 4 unspecified atom stereocenters. The van der Waals surface area contributed by atoms with Crippen LogP contribution in [0, 0.1) is 46.3 Å². The van der Waals surface area contributed by atoms with E-state index in [1.54, 1.807) is 42.6 Å². The number of aromatic nitrogens is 3. The second-order valence-corrected chi connectivity index (χ2v) is 34.9. The number of ether oxygens (including phenoxy) is 5. The third-order valence-corrected chi connectivity index (χ3v) is 27.3. The number of methoxy groups -OCH3 is 2. The lowest BCUT2D eigenvalue weighted by atomic mass is 9.65. The number of nitrogens with one attached hydrogen (secondary N) is 2. The molecule has 0 radical (unpaired) electrons. The summed E-state index contributed by atoms with van der Waals surface area (Å²) >= 11 is 0. The summed E-state index contributed by atoms with van der Waals surface area (Å²) in [7, 11) is 0.686. The van der Waals surface area contributed by atoms with Crippen LogP contribution >= 0.6 is 0 Å². The number of imide groups is 1. The molecule has 11 rings (SSSR count). The van der Waals surface area contributed by atoms with Crippen LogP contribution in [0.2, 0.25) is 16.6 Å². The maximum atomic E-state index is 18.2. The van der Waals surface area contributed by atoms with Gasteiger partial charge in [0, 0.05) is 113 Å². The number of hydrazine groups is 1. The van der Waals surface area contributed by atoms with Gasteiger partial charge in [0.15, 0.2) is 12.6 Å². The fourth-order valence-corrected chi connectivity index (χ4v) is 21.4. The number of rotatable bonds is 19. The number of pyridine rings is 1. The normalized spacial score (nSPS) is 21.9. The molecule has 1 spiro atoms. The Kier molecular flexibility index (Phi) is 20.7. The van der Waals surface area contributed by atoms with Gasteiger partial charge in [0.25, 0.3) is 5.91 Å². The molecular formula is C72H96F2N10O9Si. The number of esters is 1. The minimum Gasteiger partial charge on any atom is -0.495 e. The second kappa shape index (κ2) is 28.4. The smallest absolute Gasteiger partial charge is 0.328 e. The number of benzene rings is 3. The van der Waals surface area contributed by atoms with Gasteiger partial charge in [0.05, 0.1) is 36.7 Å². The van der Waals surface area contributed by atoms with Gasteiger partial charge in [-0.1, -0.05) is 60.5 Å². The molecule has 506 valence electrons. The number of piperidine rings is 1. The molecule has 6 fully saturated rings. The van der Waals surface area contributed by atoms with Crippen molar-refractivity contribution in [3.8, 4) is 40.2 Å². The number of urea groups is 1. The summed E-state index contributed by atoms with van der Waals surface area (Å²) in [6, 6.07) is 10.3. The van der Waals surface area contributed by atoms with Gasteiger partial charge in [0.1, 0.15) is 48.2 Å². The van der Waals surface area contributed by atoms with Crippen molar-refractivity contribution in [1.82, 2.24) is 45.4 Å². The molecule has 5 saturated heterocycles. The summed E-state index contributed by atoms with van der Waals surface area (Å²) in [5.41, 5.74) is 9.61. The molecule has 5 atom stereocenters. The van der Waals surface area contributed by atoms with E-state index in [-0.39, 0.29) is 101 Å². The number of piperazine rings is 1. The summed E-state index contributed by atoms with van der Waals surface area (Å²) < 4.78 is 64.1. The van der Waals surface area contributed by atoms with Crippen molar-refractivity contribution >= 4 is 59.3 Å². The molecule has 3 aromatic carbocycles. The molecule has 94 heavy (non-hydrogen) atoms. The van der Waals surface area contributed by atoms with Gasteiger partial charge in [-0.05, 0) is 148 Å². The van der Waals surface area contributed by atoms with E-state index in [0.717, 1.165) is 71.4 Å². The first-order chi connectivity index (χ1) is 44.9. The van der Waals surface area contributed by atoms with Crippen LogP contribution in [0.15, 0.2) is 48.7 Å². The maximum Gasteiger partial charge on any atom is 0.328 e. The van der Waals surface area contributed by atoms with Gasteiger partial charge < -0.3 is 38.4 Å². The third-order valence-electron chi connectivity index (χ3n) is 21.1. The number of amides is 4. The van der Waals surface area contributed by atoms with E-state index in [4.69, 9.17) is 38.6 Å². The molecule has 2 bridgehead atoms. The largest absolute Gasteiger partial charge is 0.495 e. The highest BCUT2D eigenvalue weighted by Gasteiger charge is 2.48. The molecule has 2 N–H and O–H groups in total. The summed E-state index contributed by atoms with van der Waals surface area (Å²) in [5.74, 6) is 2.93. The van der Waals surface area contributed by atoms with E-state index < -0.39 is 43.4 Å². The van der Waals surface area contributed by atoms with Crippen molar-refractivity contribution in [3.05, 3.63) is 77.1 Å². The Balaban J connectivity index is 0.769. The average molecular weight is 1310 g/mol. The number of anilines is 1. The maximum absolute atomic E-state index is 18.2. The number of carbonyl (C=O) groups is 4. The van der Waals surface area contributed by atoms with Gasteiger partial charge in [-0.15, -0.1) is 5.54 Å². The SMILES string of the molecule is COCOc1cc(-c2ncc3c(C4CC5CCN(N4)C5C(=O)OC(C)(C)C)nc(OC[C@H](C)CN4CCN(CC5CCC6(CC5)CCN(C(=O)c5ccc(OC)c(N7CCC(=O)NC7=O)c5)CC6)CC4)nc3c2F)c2c(C#C[Si](C(C)C)(C(C)C)C(C)C)c(F)ccc2c1. The van der Waals surface area contributed by atoms with Crippen LogP contribution in [0.25, 0.3) is 32.9 Å². The number of hydrogen-bond donors (Lipinski definition) is 2. The van der Waals surface area contributed by atoms with Crippen LogP contribution in [0.3, 0.4) is 0 Å². The first kappa shape index (κ1) is 68.5. The number of halogens is 2. The fraction of sp³-hybridized carbons (Fsp3) is 0.597. The minimum absolute atomic E-state index is 0.00221. The zero-order valence-electron chi connectivity index (χ0n) is 57.1. The predicted molar refractivity (Wildman–Crippen MR) is 361 cm³/mol. The molecule has 5 aliphatic heterocycles. The molecular weight excluding hydrogens is 1210 g/mol. The standard InChI is InChI=1S/C72H96F2N10O9Si/c1-44(2)94(45(3)4,46(5)6)34-21-53-56(73)15-13-49-35-52(92-43-89-11)38-54(61(49)53)64-62(74)65-55(39-75-64)63(57-36-50-19-27-84(79-57)66(50)68(87)93-71(8,9)10)77-69(78-65)91-42-47(7)40-80-30-32-81(33-31-80)41-48-17-22-72(23-18-48)24-28-82(29-25-72)67(86)51-14-16-59(90-12)58(37-51)83-26-20-60(85)76-70(83)88/h13-16,35,37-39,44-48,50,57,66,79H,17-20,22-33,36,40-43H2,1-12H3,(H,76,85,88)/t47-,50?,57?,66?/m1/s1. The van der Waals surface area contributed by atoms with Crippen molar-refractivity contribution < 1.29 is 51.6 Å². The van der Waals surface area contributed by atoms with E-state index in [2.05, 4.69) is 80.5 Å². The van der Waals surface area contributed by atoms with Gasteiger partial charge in [-0.25, -0.2) is 24.0 Å². The monoisotopic (exact) mass is 1310 g/mol. The highest BCUT2D eigenvalue weighted by Crippen LogP contribution is 2.48. The molecule has 2 aromatic heterocycles. The summed E-state index contributed by atoms with van der Waals surface area (Å²) in [6.45, 7) is 29.1.